The average molecular weight is 268 g/mol. The molecule has 2 unspecified atom stereocenters. The summed E-state index contributed by atoms with van der Waals surface area (Å²) in [5.41, 5.74) is 0. The molecular weight excluding hydrogens is 252 g/mol. The first-order chi connectivity index (χ1) is 8.63. The molecule has 1 heterocycles. The van der Waals surface area contributed by atoms with Crippen molar-refractivity contribution in [1.29, 1.82) is 0 Å². The zero-order valence-electron chi connectivity index (χ0n) is 10.2. The van der Waals surface area contributed by atoms with Crippen LogP contribution in [0.15, 0.2) is 11.6 Å². The molecule has 1 saturated carbocycles. The van der Waals surface area contributed by atoms with Crippen molar-refractivity contribution in [3.63, 3.8) is 0 Å². The van der Waals surface area contributed by atoms with Gasteiger partial charge in [0.1, 0.15) is 0 Å². The highest BCUT2D eigenvalue weighted by Gasteiger charge is 2.49. The predicted octanol–water partition coefficient (Wildman–Crippen LogP) is 1.25. The number of nitrogens with zero attached hydrogens (tertiary/aromatic N) is 2. The molecule has 0 aliphatic heterocycles. The highest BCUT2D eigenvalue weighted by atomic mass is 32.1. The number of carboxylic acids is 1. The zero-order valence-corrected chi connectivity index (χ0v) is 11.0. The van der Waals surface area contributed by atoms with Crippen LogP contribution in [0.4, 0.5) is 0 Å². The predicted molar refractivity (Wildman–Crippen MR) is 67.3 cm³/mol. The zero-order chi connectivity index (χ0) is 13.1. The van der Waals surface area contributed by atoms with Crippen molar-refractivity contribution in [2.24, 2.45) is 11.8 Å². The summed E-state index contributed by atoms with van der Waals surface area (Å²) in [4.78, 5) is 28.7. The number of hydrogen-bond acceptors (Lipinski definition) is 4. The lowest BCUT2D eigenvalue weighted by molar-refractivity contribution is -0.141. The van der Waals surface area contributed by atoms with Crippen molar-refractivity contribution < 1.29 is 14.7 Å². The Morgan fingerprint density at radius 3 is 2.83 bits per heavy atom. The number of aromatic nitrogens is 1. The van der Waals surface area contributed by atoms with E-state index in [-0.39, 0.29) is 11.8 Å². The summed E-state index contributed by atoms with van der Waals surface area (Å²) in [6, 6.07) is 0. The molecule has 6 heteroatoms. The van der Waals surface area contributed by atoms with Gasteiger partial charge in [-0.15, -0.1) is 11.3 Å². The van der Waals surface area contributed by atoms with Gasteiger partial charge in [0.15, 0.2) is 0 Å². The fourth-order valence-electron chi connectivity index (χ4n) is 2.01. The molecule has 98 valence electrons. The molecule has 0 spiro atoms. The minimum absolute atomic E-state index is 0.0264. The van der Waals surface area contributed by atoms with Crippen molar-refractivity contribution in [3.8, 4) is 0 Å². The van der Waals surface area contributed by atoms with E-state index < -0.39 is 11.9 Å². The van der Waals surface area contributed by atoms with Gasteiger partial charge in [-0.3, -0.25) is 9.59 Å². The second-order valence-corrected chi connectivity index (χ2v) is 5.36. The Labute approximate surface area is 109 Å². The van der Waals surface area contributed by atoms with Crippen molar-refractivity contribution in [3.05, 3.63) is 16.6 Å². The van der Waals surface area contributed by atoms with Gasteiger partial charge in [0, 0.05) is 31.1 Å². The van der Waals surface area contributed by atoms with Crippen LogP contribution in [0, 0.1) is 11.8 Å². The third-order valence-corrected chi connectivity index (χ3v) is 4.04. The highest BCUT2D eigenvalue weighted by molar-refractivity contribution is 7.09. The van der Waals surface area contributed by atoms with E-state index in [2.05, 4.69) is 4.98 Å². The number of rotatable bonds is 6. The highest BCUT2D eigenvalue weighted by Crippen LogP contribution is 2.40. The summed E-state index contributed by atoms with van der Waals surface area (Å²) in [5.74, 6) is -1.66. The van der Waals surface area contributed by atoms with Crippen LogP contribution in [0.1, 0.15) is 18.4 Å². The molecule has 0 radical (unpaired) electrons. The first-order valence-corrected chi connectivity index (χ1v) is 6.91. The van der Waals surface area contributed by atoms with E-state index in [1.165, 1.54) is 0 Å². The molecule has 1 amide bonds. The minimum Gasteiger partial charge on any atom is -0.481 e. The van der Waals surface area contributed by atoms with Gasteiger partial charge in [0.25, 0.3) is 0 Å². The van der Waals surface area contributed by atoms with E-state index in [4.69, 9.17) is 5.11 Å². The number of carbonyl (C=O) groups excluding carboxylic acids is 1. The second-order valence-electron chi connectivity index (χ2n) is 4.38. The molecule has 2 rings (SSSR count). The lowest BCUT2D eigenvalue weighted by Crippen LogP contribution is -2.34. The van der Waals surface area contributed by atoms with Gasteiger partial charge in [-0.25, -0.2) is 4.98 Å². The molecule has 1 aromatic heterocycles. The van der Waals surface area contributed by atoms with Crippen LogP contribution in [-0.2, 0) is 16.0 Å². The summed E-state index contributed by atoms with van der Waals surface area (Å²) < 4.78 is 0. The van der Waals surface area contributed by atoms with Crippen molar-refractivity contribution in [1.82, 2.24) is 9.88 Å². The summed E-state index contributed by atoms with van der Waals surface area (Å²) in [6.07, 6.45) is 2.98. The van der Waals surface area contributed by atoms with Crippen LogP contribution in [0.25, 0.3) is 0 Å². The van der Waals surface area contributed by atoms with Crippen molar-refractivity contribution in [2.75, 3.05) is 13.1 Å². The van der Waals surface area contributed by atoms with Crippen LogP contribution in [0.3, 0.4) is 0 Å². The fraction of sp³-hybridized carbons (Fsp3) is 0.583. The summed E-state index contributed by atoms with van der Waals surface area (Å²) >= 11 is 1.57. The van der Waals surface area contributed by atoms with E-state index in [9.17, 15) is 9.59 Å². The fourth-order valence-corrected chi connectivity index (χ4v) is 2.62. The maximum Gasteiger partial charge on any atom is 0.307 e. The van der Waals surface area contributed by atoms with Crippen LogP contribution in [-0.4, -0.2) is 40.0 Å². The third-order valence-electron chi connectivity index (χ3n) is 3.20. The van der Waals surface area contributed by atoms with E-state index in [0.717, 1.165) is 11.4 Å². The second kappa shape index (κ2) is 5.48. The number of hydrogen-bond donors (Lipinski definition) is 1. The van der Waals surface area contributed by atoms with Gasteiger partial charge in [0.05, 0.1) is 16.8 Å². The smallest absolute Gasteiger partial charge is 0.307 e. The molecule has 0 saturated heterocycles. The molecule has 1 N–H and O–H groups in total. The molecule has 18 heavy (non-hydrogen) atoms. The third kappa shape index (κ3) is 2.87. The van der Waals surface area contributed by atoms with Gasteiger partial charge in [0.2, 0.25) is 5.91 Å². The molecule has 2 atom stereocenters. The van der Waals surface area contributed by atoms with Crippen LogP contribution in [0.2, 0.25) is 0 Å². The largest absolute Gasteiger partial charge is 0.481 e. The number of likely N-dealkylation sites (N-methyl/N-ethyl adjacent to an activating group) is 1. The SMILES string of the molecule is CCN(CCc1nccs1)C(=O)C1CC1C(=O)O. The van der Waals surface area contributed by atoms with Crippen molar-refractivity contribution >= 4 is 23.2 Å². The number of thiazole rings is 1. The quantitative estimate of drug-likeness (QED) is 0.843. The van der Waals surface area contributed by atoms with Gasteiger partial charge in [-0.2, -0.15) is 0 Å². The average Bonchev–Trinajstić information content (AvgIpc) is 3.00. The first-order valence-electron chi connectivity index (χ1n) is 6.03. The molecule has 0 aromatic carbocycles. The summed E-state index contributed by atoms with van der Waals surface area (Å²) in [6.45, 7) is 3.15. The van der Waals surface area contributed by atoms with Crippen molar-refractivity contribution in [2.45, 2.75) is 19.8 Å². The molecule has 1 aliphatic rings. The summed E-state index contributed by atoms with van der Waals surface area (Å²) in [5, 5.41) is 11.7. The number of carboxylic acid groups (broad SMARTS) is 1. The van der Waals surface area contributed by atoms with Crippen LogP contribution in [0.5, 0.6) is 0 Å². The molecule has 5 nitrogen and oxygen atoms in total. The summed E-state index contributed by atoms with van der Waals surface area (Å²) in [7, 11) is 0. The van der Waals surface area contributed by atoms with E-state index >= 15 is 0 Å². The Morgan fingerprint density at radius 2 is 2.33 bits per heavy atom. The first kappa shape index (κ1) is 13.0. The van der Waals surface area contributed by atoms with Gasteiger partial charge < -0.3 is 10.0 Å². The monoisotopic (exact) mass is 268 g/mol. The van der Waals surface area contributed by atoms with E-state index in [1.807, 2.05) is 12.3 Å². The molecule has 0 bridgehead atoms. The normalized spacial score (nSPS) is 21.6. The lowest BCUT2D eigenvalue weighted by Gasteiger charge is -2.20. The van der Waals surface area contributed by atoms with Crippen LogP contribution < -0.4 is 0 Å². The minimum atomic E-state index is -0.857. The molecule has 1 aliphatic carbocycles. The Morgan fingerprint density at radius 1 is 1.56 bits per heavy atom. The van der Waals surface area contributed by atoms with E-state index in [1.54, 1.807) is 22.4 Å². The number of carbonyl (C=O) groups is 2. The van der Waals surface area contributed by atoms with Crippen LogP contribution >= 0.6 is 11.3 Å². The standard InChI is InChI=1S/C12H16N2O3S/c1-2-14(5-3-10-13-4-6-18-10)11(15)8-7-9(8)12(16)17/h4,6,8-9H,2-3,5,7H2,1H3,(H,16,17). The molecule has 1 aromatic rings. The molecule has 1 fully saturated rings. The van der Waals surface area contributed by atoms with E-state index in [0.29, 0.717) is 19.5 Å². The Kier molecular flexibility index (Phi) is 3.96. The lowest BCUT2D eigenvalue weighted by atomic mass is 10.2. The maximum absolute atomic E-state index is 12.1. The van der Waals surface area contributed by atoms with Gasteiger partial charge >= 0.3 is 5.97 Å². The topological polar surface area (TPSA) is 70.5 Å². The Bertz CT molecular complexity index is 433. The Hall–Kier alpha value is -1.43. The van der Waals surface area contributed by atoms with Gasteiger partial charge in [-0.1, -0.05) is 0 Å². The molecular formula is C12H16N2O3S. The Balaban J connectivity index is 1.85. The number of amides is 1. The van der Waals surface area contributed by atoms with Gasteiger partial charge in [-0.05, 0) is 13.3 Å². The maximum atomic E-state index is 12.1. The number of aliphatic carboxylic acids is 1.